The van der Waals surface area contributed by atoms with Crippen molar-refractivity contribution in [3.8, 4) is 5.75 Å². The molecule has 0 saturated carbocycles. The number of ether oxygens (including phenoxy) is 1. The zero-order valence-electron chi connectivity index (χ0n) is 11.2. The largest absolute Gasteiger partial charge is 0.493 e. The molecule has 0 aliphatic heterocycles. The van der Waals surface area contributed by atoms with Crippen LogP contribution >= 0.6 is 0 Å². The Kier molecular flexibility index (Phi) is 3.08. The highest BCUT2D eigenvalue weighted by Crippen LogP contribution is 2.30. The topological polar surface area (TPSA) is 73.1 Å². The zero-order valence-corrected chi connectivity index (χ0v) is 11.2. The summed E-state index contributed by atoms with van der Waals surface area (Å²) in [7, 11) is 3.32. The van der Waals surface area contributed by atoms with Crippen LogP contribution < -0.4 is 4.74 Å². The van der Waals surface area contributed by atoms with Crippen molar-refractivity contribution in [2.45, 2.75) is 6.10 Å². The normalized spacial score (nSPS) is 12.6. The Bertz CT molecular complexity index is 754. The molecule has 1 unspecified atom stereocenters. The number of hydrogen-bond acceptors (Lipinski definition) is 5. The van der Waals surface area contributed by atoms with Crippen molar-refractivity contribution in [3.05, 3.63) is 48.0 Å². The van der Waals surface area contributed by atoms with Crippen LogP contribution in [0.1, 0.15) is 17.4 Å². The monoisotopic (exact) mass is 270 g/mol. The zero-order chi connectivity index (χ0) is 14.1. The van der Waals surface area contributed by atoms with Crippen LogP contribution in [0.15, 0.2) is 36.8 Å². The summed E-state index contributed by atoms with van der Waals surface area (Å²) in [5.74, 6) is 0.555. The number of methoxy groups -OCH3 is 1. The minimum absolute atomic E-state index is 0.555. The van der Waals surface area contributed by atoms with Gasteiger partial charge in [-0.25, -0.2) is 0 Å². The quantitative estimate of drug-likeness (QED) is 0.780. The van der Waals surface area contributed by atoms with Gasteiger partial charge in [0.05, 0.1) is 24.3 Å². The van der Waals surface area contributed by atoms with E-state index in [1.54, 1.807) is 37.4 Å². The summed E-state index contributed by atoms with van der Waals surface area (Å²) >= 11 is 0. The maximum absolute atomic E-state index is 10.5. The fraction of sp³-hybridized carbons (Fsp3) is 0.214. The predicted molar refractivity (Wildman–Crippen MR) is 73.4 cm³/mol. The highest BCUT2D eigenvalue weighted by molar-refractivity contribution is 5.74. The fourth-order valence-corrected chi connectivity index (χ4v) is 2.20. The molecule has 0 saturated heterocycles. The highest BCUT2D eigenvalue weighted by Gasteiger charge is 2.20. The van der Waals surface area contributed by atoms with Gasteiger partial charge in [0.2, 0.25) is 0 Å². The molecule has 1 N–H and O–H groups in total. The second-order valence-corrected chi connectivity index (χ2v) is 4.43. The number of aryl methyl sites for hydroxylation is 1. The van der Waals surface area contributed by atoms with Crippen LogP contribution in [0.5, 0.6) is 5.75 Å². The highest BCUT2D eigenvalue weighted by atomic mass is 16.5. The Labute approximate surface area is 115 Å². The summed E-state index contributed by atoms with van der Waals surface area (Å²) in [6, 6.07) is 5.48. The molecule has 6 nitrogen and oxygen atoms in total. The van der Waals surface area contributed by atoms with Crippen molar-refractivity contribution >= 4 is 11.0 Å². The summed E-state index contributed by atoms with van der Waals surface area (Å²) in [5.41, 5.74) is 2.86. The Morgan fingerprint density at radius 3 is 2.70 bits per heavy atom. The van der Waals surface area contributed by atoms with Gasteiger partial charge in [-0.1, -0.05) is 6.07 Å². The molecule has 2 heterocycles. The summed E-state index contributed by atoms with van der Waals surface area (Å²) in [6.45, 7) is 0. The van der Waals surface area contributed by atoms with E-state index in [1.165, 1.54) is 0 Å². The van der Waals surface area contributed by atoms with E-state index in [0.29, 0.717) is 11.4 Å². The molecule has 0 fully saturated rings. The SMILES string of the molecule is COc1cnn(C)c1C(O)c1ccc2nccnc2c1. The molecule has 1 atom stereocenters. The molecule has 0 amide bonds. The van der Waals surface area contributed by atoms with Gasteiger partial charge in [0.15, 0.2) is 5.75 Å². The summed E-state index contributed by atoms with van der Waals surface area (Å²) in [4.78, 5) is 8.45. The second-order valence-electron chi connectivity index (χ2n) is 4.43. The minimum atomic E-state index is -0.830. The summed E-state index contributed by atoms with van der Waals surface area (Å²) < 4.78 is 6.83. The number of aliphatic hydroxyl groups excluding tert-OH is 1. The van der Waals surface area contributed by atoms with Gasteiger partial charge in [-0.05, 0) is 17.7 Å². The van der Waals surface area contributed by atoms with Crippen LogP contribution in [-0.4, -0.2) is 32.0 Å². The first kappa shape index (κ1) is 12.6. The molecule has 2 aromatic heterocycles. The van der Waals surface area contributed by atoms with Crippen molar-refractivity contribution in [1.82, 2.24) is 19.7 Å². The van der Waals surface area contributed by atoms with Crippen molar-refractivity contribution in [2.24, 2.45) is 7.05 Å². The lowest BCUT2D eigenvalue weighted by atomic mass is 10.1. The molecule has 0 aliphatic carbocycles. The van der Waals surface area contributed by atoms with Crippen molar-refractivity contribution in [2.75, 3.05) is 7.11 Å². The molecule has 0 bridgehead atoms. The molecule has 0 radical (unpaired) electrons. The molecule has 20 heavy (non-hydrogen) atoms. The van der Waals surface area contributed by atoms with Gasteiger partial charge in [0, 0.05) is 19.4 Å². The third-order valence-corrected chi connectivity index (χ3v) is 3.24. The smallest absolute Gasteiger partial charge is 0.162 e. The predicted octanol–water partition coefficient (Wildman–Crippen LogP) is 1.45. The number of aliphatic hydroxyl groups is 1. The van der Waals surface area contributed by atoms with Crippen LogP contribution in [0.4, 0.5) is 0 Å². The maximum atomic E-state index is 10.5. The maximum Gasteiger partial charge on any atom is 0.162 e. The van der Waals surface area contributed by atoms with Crippen molar-refractivity contribution in [3.63, 3.8) is 0 Å². The van der Waals surface area contributed by atoms with Gasteiger partial charge in [0.25, 0.3) is 0 Å². The molecule has 0 aliphatic rings. The van der Waals surface area contributed by atoms with Crippen LogP contribution in [-0.2, 0) is 7.05 Å². The van der Waals surface area contributed by atoms with E-state index in [2.05, 4.69) is 15.1 Å². The molecule has 1 aromatic carbocycles. The molecule has 102 valence electrons. The molecule has 6 heteroatoms. The van der Waals surface area contributed by atoms with Gasteiger partial charge in [-0.2, -0.15) is 5.10 Å². The number of hydrogen-bond donors (Lipinski definition) is 1. The molecule has 3 rings (SSSR count). The van der Waals surface area contributed by atoms with Gasteiger partial charge in [-0.3, -0.25) is 14.6 Å². The number of benzene rings is 1. The third kappa shape index (κ3) is 2.00. The second kappa shape index (κ2) is 4.90. The Balaban J connectivity index is 2.07. The van der Waals surface area contributed by atoms with Crippen molar-refractivity contribution in [1.29, 1.82) is 0 Å². The molecule has 0 spiro atoms. The Hall–Kier alpha value is -2.47. The van der Waals surface area contributed by atoms with E-state index < -0.39 is 6.10 Å². The van der Waals surface area contributed by atoms with E-state index in [4.69, 9.17) is 4.74 Å². The van der Waals surface area contributed by atoms with E-state index in [1.807, 2.05) is 18.2 Å². The Morgan fingerprint density at radius 2 is 1.95 bits per heavy atom. The average Bonchev–Trinajstić information content (AvgIpc) is 2.87. The number of rotatable bonds is 3. The van der Waals surface area contributed by atoms with Gasteiger partial charge in [-0.15, -0.1) is 0 Å². The fourth-order valence-electron chi connectivity index (χ4n) is 2.20. The van der Waals surface area contributed by atoms with Gasteiger partial charge >= 0.3 is 0 Å². The van der Waals surface area contributed by atoms with E-state index >= 15 is 0 Å². The standard InChI is InChI=1S/C14H14N4O2/c1-18-13(12(20-2)8-17-18)14(19)9-3-4-10-11(7-9)16-6-5-15-10/h3-8,14,19H,1-2H3. The summed E-state index contributed by atoms with van der Waals surface area (Å²) in [6.07, 6.45) is 4.02. The molecular weight excluding hydrogens is 256 g/mol. The molecular formula is C14H14N4O2. The summed E-state index contributed by atoms with van der Waals surface area (Å²) in [5, 5.41) is 14.6. The van der Waals surface area contributed by atoms with Crippen molar-refractivity contribution < 1.29 is 9.84 Å². The first-order valence-corrected chi connectivity index (χ1v) is 6.15. The lowest BCUT2D eigenvalue weighted by Gasteiger charge is -2.13. The van der Waals surface area contributed by atoms with E-state index in [9.17, 15) is 5.11 Å². The minimum Gasteiger partial charge on any atom is -0.493 e. The Morgan fingerprint density at radius 1 is 1.20 bits per heavy atom. The first-order valence-electron chi connectivity index (χ1n) is 6.15. The lowest BCUT2D eigenvalue weighted by Crippen LogP contribution is -2.08. The van der Waals surface area contributed by atoms with Crippen LogP contribution in [0.3, 0.4) is 0 Å². The third-order valence-electron chi connectivity index (χ3n) is 3.24. The lowest BCUT2D eigenvalue weighted by molar-refractivity contribution is 0.204. The van der Waals surface area contributed by atoms with Gasteiger partial charge in [0.1, 0.15) is 11.8 Å². The number of nitrogens with zero attached hydrogens (tertiary/aromatic N) is 4. The van der Waals surface area contributed by atoms with Crippen LogP contribution in [0.2, 0.25) is 0 Å². The van der Waals surface area contributed by atoms with E-state index in [0.717, 1.165) is 16.6 Å². The van der Waals surface area contributed by atoms with E-state index in [-0.39, 0.29) is 0 Å². The van der Waals surface area contributed by atoms with Crippen LogP contribution in [0, 0.1) is 0 Å². The average molecular weight is 270 g/mol. The number of fused-ring (bicyclic) bond motifs is 1. The van der Waals surface area contributed by atoms with Crippen LogP contribution in [0.25, 0.3) is 11.0 Å². The number of aromatic nitrogens is 4. The van der Waals surface area contributed by atoms with Gasteiger partial charge < -0.3 is 9.84 Å². The molecule has 3 aromatic rings. The first-order chi connectivity index (χ1) is 9.70.